The summed E-state index contributed by atoms with van der Waals surface area (Å²) in [6.45, 7) is 6.74. The molecule has 1 aromatic carbocycles. The van der Waals surface area contributed by atoms with Gasteiger partial charge in [0.05, 0.1) is 0 Å². The summed E-state index contributed by atoms with van der Waals surface area (Å²) in [6, 6.07) is 9.30. The highest BCUT2D eigenvalue weighted by molar-refractivity contribution is 5.84. The second-order valence-electron chi connectivity index (χ2n) is 8.17. The molecular formula is C23H34O2. The van der Waals surface area contributed by atoms with Gasteiger partial charge in [-0.2, -0.15) is 0 Å². The van der Waals surface area contributed by atoms with Crippen LogP contribution in [0.4, 0.5) is 0 Å². The molecule has 4 atom stereocenters. The summed E-state index contributed by atoms with van der Waals surface area (Å²) in [4.78, 5) is 12.6. The number of aliphatic hydroxyl groups excluding tert-OH is 1. The van der Waals surface area contributed by atoms with Gasteiger partial charge in [0.25, 0.3) is 0 Å². The smallest absolute Gasteiger partial charge is 0.166 e. The van der Waals surface area contributed by atoms with Crippen molar-refractivity contribution in [1.82, 2.24) is 0 Å². The van der Waals surface area contributed by atoms with Gasteiger partial charge in [0.2, 0.25) is 0 Å². The number of carbonyl (C=O) groups excluding carboxylic acids is 1. The molecule has 0 bridgehead atoms. The predicted octanol–water partition coefficient (Wildman–Crippen LogP) is 5.72. The lowest BCUT2D eigenvalue weighted by molar-refractivity contribution is -0.128. The molecule has 2 heteroatoms. The standard InChI is InChI=1S/C23H34O2/c1-4-5-9-19(15-20-13-17(2)12-18(3)14-20)16-22(24)23(25)21-10-7-6-8-11-21/h4-8,10-11,17-20,23,25H,9,12-16H2,1-3H3. The molecule has 0 saturated heterocycles. The van der Waals surface area contributed by atoms with Crippen molar-refractivity contribution in [3.05, 3.63) is 48.0 Å². The zero-order valence-electron chi connectivity index (χ0n) is 16.0. The molecule has 1 saturated carbocycles. The first-order chi connectivity index (χ1) is 12.0. The van der Waals surface area contributed by atoms with Crippen LogP contribution in [0, 0.1) is 23.7 Å². The van der Waals surface area contributed by atoms with E-state index < -0.39 is 6.10 Å². The van der Waals surface area contributed by atoms with Crippen LogP contribution in [-0.2, 0) is 4.79 Å². The van der Waals surface area contributed by atoms with E-state index in [4.69, 9.17) is 0 Å². The number of hydrogen-bond donors (Lipinski definition) is 1. The predicted molar refractivity (Wildman–Crippen MR) is 104 cm³/mol. The monoisotopic (exact) mass is 342 g/mol. The minimum atomic E-state index is -0.987. The number of aliphatic hydroxyl groups is 1. The number of allylic oxidation sites excluding steroid dienone is 2. The molecule has 4 unspecified atom stereocenters. The van der Waals surface area contributed by atoms with Gasteiger partial charge in [0.15, 0.2) is 5.78 Å². The fourth-order valence-electron chi connectivity index (χ4n) is 4.59. The molecule has 1 aliphatic rings. The Kier molecular flexibility index (Phi) is 7.90. The van der Waals surface area contributed by atoms with E-state index in [1.165, 1.54) is 19.3 Å². The summed E-state index contributed by atoms with van der Waals surface area (Å²) in [7, 11) is 0. The second-order valence-corrected chi connectivity index (χ2v) is 8.17. The molecule has 1 aromatic rings. The number of Topliss-reactive ketones (excluding diaryl/α,β-unsaturated/α-hetero) is 1. The highest BCUT2D eigenvalue weighted by atomic mass is 16.3. The minimum Gasteiger partial charge on any atom is -0.381 e. The summed E-state index contributed by atoms with van der Waals surface area (Å²) in [5.41, 5.74) is 0.706. The zero-order valence-corrected chi connectivity index (χ0v) is 16.0. The van der Waals surface area contributed by atoms with E-state index in [2.05, 4.69) is 26.0 Å². The van der Waals surface area contributed by atoms with E-state index >= 15 is 0 Å². The lowest BCUT2D eigenvalue weighted by Gasteiger charge is -2.33. The third-order valence-corrected chi connectivity index (χ3v) is 5.56. The Labute approximate surface area is 153 Å². The van der Waals surface area contributed by atoms with Gasteiger partial charge >= 0.3 is 0 Å². The van der Waals surface area contributed by atoms with Gasteiger partial charge in [-0.15, -0.1) is 0 Å². The van der Waals surface area contributed by atoms with Crippen molar-refractivity contribution < 1.29 is 9.90 Å². The van der Waals surface area contributed by atoms with Crippen molar-refractivity contribution in [2.75, 3.05) is 0 Å². The van der Waals surface area contributed by atoms with Crippen molar-refractivity contribution in [1.29, 1.82) is 0 Å². The molecule has 2 rings (SSSR count). The quantitative estimate of drug-likeness (QED) is 0.613. The number of ketones is 1. The molecule has 0 amide bonds. The Morgan fingerprint density at radius 1 is 1.16 bits per heavy atom. The Hall–Kier alpha value is -1.41. The van der Waals surface area contributed by atoms with Gasteiger partial charge in [-0.25, -0.2) is 0 Å². The van der Waals surface area contributed by atoms with Gasteiger partial charge in [-0.1, -0.05) is 56.3 Å². The average molecular weight is 343 g/mol. The highest BCUT2D eigenvalue weighted by Crippen LogP contribution is 2.38. The van der Waals surface area contributed by atoms with Crippen LogP contribution in [-0.4, -0.2) is 10.9 Å². The average Bonchev–Trinajstić information content (AvgIpc) is 2.58. The lowest BCUT2D eigenvalue weighted by Crippen LogP contribution is -2.23. The van der Waals surface area contributed by atoms with E-state index in [0.29, 0.717) is 17.9 Å². The van der Waals surface area contributed by atoms with Crippen LogP contribution in [0.25, 0.3) is 0 Å². The molecule has 0 radical (unpaired) electrons. The van der Waals surface area contributed by atoms with E-state index in [1.807, 2.05) is 37.3 Å². The van der Waals surface area contributed by atoms with Gasteiger partial charge in [0.1, 0.15) is 6.10 Å². The van der Waals surface area contributed by atoms with Crippen LogP contribution >= 0.6 is 0 Å². The van der Waals surface area contributed by atoms with Gasteiger partial charge in [-0.3, -0.25) is 4.79 Å². The molecule has 0 heterocycles. The van der Waals surface area contributed by atoms with Crippen LogP contribution < -0.4 is 0 Å². The topological polar surface area (TPSA) is 37.3 Å². The molecule has 0 aromatic heterocycles. The summed E-state index contributed by atoms with van der Waals surface area (Å²) in [5.74, 6) is 2.60. The first kappa shape index (κ1) is 19.9. The number of carbonyl (C=O) groups is 1. The Bertz CT molecular complexity index is 538. The SMILES string of the molecule is CC=CCC(CC(=O)C(O)c1ccccc1)CC1CC(C)CC(C)C1. The minimum absolute atomic E-state index is 0.0439. The van der Waals surface area contributed by atoms with E-state index in [9.17, 15) is 9.90 Å². The molecule has 2 nitrogen and oxygen atoms in total. The second kappa shape index (κ2) is 9.91. The number of benzene rings is 1. The van der Waals surface area contributed by atoms with E-state index in [0.717, 1.165) is 30.6 Å². The van der Waals surface area contributed by atoms with Crippen molar-refractivity contribution in [3.8, 4) is 0 Å². The largest absolute Gasteiger partial charge is 0.381 e. The maximum Gasteiger partial charge on any atom is 0.166 e. The summed E-state index contributed by atoms with van der Waals surface area (Å²) < 4.78 is 0. The van der Waals surface area contributed by atoms with Crippen LogP contribution in [0.2, 0.25) is 0 Å². The van der Waals surface area contributed by atoms with Gasteiger partial charge in [-0.05, 0) is 68.3 Å². The molecular weight excluding hydrogens is 308 g/mol. The summed E-state index contributed by atoms with van der Waals surface area (Å²) in [5, 5.41) is 10.4. The summed E-state index contributed by atoms with van der Waals surface area (Å²) >= 11 is 0. The molecule has 25 heavy (non-hydrogen) atoms. The zero-order chi connectivity index (χ0) is 18.2. The van der Waals surface area contributed by atoms with Crippen molar-refractivity contribution in [3.63, 3.8) is 0 Å². The molecule has 1 aliphatic carbocycles. The molecule has 1 fully saturated rings. The van der Waals surface area contributed by atoms with Crippen molar-refractivity contribution >= 4 is 5.78 Å². The first-order valence-electron chi connectivity index (χ1n) is 9.86. The van der Waals surface area contributed by atoms with Crippen LogP contribution in [0.3, 0.4) is 0 Å². The van der Waals surface area contributed by atoms with E-state index in [1.54, 1.807) is 0 Å². The third-order valence-electron chi connectivity index (χ3n) is 5.56. The Morgan fingerprint density at radius 3 is 2.40 bits per heavy atom. The lowest BCUT2D eigenvalue weighted by atomic mass is 9.72. The Morgan fingerprint density at radius 2 is 1.80 bits per heavy atom. The Balaban J connectivity index is 1.98. The highest BCUT2D eigenvalue weighted by Gasteiger charge is 2.28. The third kappa shape index (κ3) is 6.43. The molecule has 1 N–H and O–H groups in total. The van der Waals surface area contributed by atoms with Gasteiger partial charge in [0, 0.05) is 6.42 Å². The summed E-state index contributed by atoms with van der Waals surface area (Å²) in [6.07, 6.45) is 9.66. The number of rotatable bonds is 8. The fourth-order valence-corrected chi connectivity index (χ4v) is 4.59. The number of hydrogen-bond acceptors (Lipinski definition) is 2. The van der Waals surface area contributed by atoms with Crippen LogP contribution in [0.1, 0.15) is 71.0 Å². The normalized spacial score (nSPS) is 26.5. The maximum absolute atomic E-state index is 12.6. The van der Waals surface area contributed by atoms with E-state index in [-0.39, 0.29) is 5.78 Å². The van der Waals surface area contributed by atoms with Crippen LogP contribution in [0.15, 0.2) is 42.5 Å². The maximum atomic E-state index is 12.6. The first-order valence-corrected chi connectivity index (χ1v) is 9.86. The van der Waals surface area contributed by atoms with Crippen molar-refractivity contribution in [2.45, 2.75) is 65.4 Å². The molecule has 0 aliphatic heterocycles. The van der Waals surface area contributed by atoms with Crippen molar-refractivity contribution in [2.24, 2.45) is 23.7 Å². The molecule has 0 spiro atoms. The van der Waals surface area contributed by atoms with Gasteiger partial charge < -0.3 is 5.11 Å². The fraction of sp³-hybridized carbons (Fsp3) is 0.609. The molecule has 138 valence electrons. The van der Waals surface area contributed by atoms with Crippen LogP contribution in [0.5, 0.6) is 0 Å².